The topological polar surface area (TPSA) is 92.8 Å². The summed E-state index contributed by atoms with van der Waals surface area (Å²) in [4.78, 5) is 7.25. The van der Waals surface area contributed by atoms with Crippen LogP contribution in [0.5, 0.6) is 0 Å². The van der Waals surface area contributed by atoms with Crippen LogP contribution in [0, 0.1) is 4.91 Å². The van der Waals surface area contributed by atoms with E-state index >= 15 is 0 Å². The molecule has 0 aliphatic heterocycles. The first-order valence-electron chi connectivity index (χ1n) is 14.4. The Morgan fingerprint density at radius 3 is 0.900 bits per heavy atom. The third-order valence-electron chi connectivity index (χ3n) is 7.32. The standard InChI is InChI=1S/C30H52BN6.Co.NO/c1-19(2)22-16-25(28(7,8)9)32-35(22)31(36-23(20(3)4)17-26(33-36)29(10,11)12)37-24(21(5)6)18-27(34-37)30(13,14)15;;1-2/h16-21,31H,1-15H3;;/q-1;;. The maximum atomic E-state index is 7.25. The number of hydrogen-bond donors (Lipinski definition) is 0. The van der Waals surface area contributed by atoms with Crippen LogP contribution in [-0.2, 0) is 33.0 Å². The van der Waals surface area contributed by atoms with Crippen LogP contribution in [0.1, 0.15) is 156 Å². The van der Waals surface area contributed by atoms with Gasteiger partial charge < -0.3 is 13.8 Å². The van der Waals surface area contributed by atoms with Gasteiger partial charge in [-0.05, 0) is 36.0 Å². The fourth-order valence-electron chi connectivity index (χ4n) is 4.85. The molecule has 0 fully saturated rings. The molecule has 2 radical (unpaired) electrons. The van der Waals surface area contributed by atoms with Crippen molar-refractivity contribution in [1.82, 2.24) is 34.7 Å². The molecule has 3 aromatic heterocycles. The summed E-state index contributed by atoms with van der Waals surface area (Å²) >= 11 is 0. The van der Waals surface area contributed by atoms with E-state index in [2.05, 4.69) is 136 Å². The number of nitrogens with zero attached hydrogens (tertiary/aromatic N) is 7. The zero-order valence-corrected chi connectivity index (χ0v) is 28.6. The van der Waals surface area contributed by atoms with Crippen molar-refractivity contribution in [2.45, 2.75) is 138 Å². The molecule has 40 heavy (non-hydrogen) atoms. The molecule has 0 bridgehead atoms. The zero-order chi connectivity index (χ0) is 30.2. The molecule has 0 aliphatic rings. The first kappa shape index (κ1) is 35.8. The van der Waals surface area contributed by atoms with Crippen molar-refractivity contribution in [2.24, 2.45) is 0 Å². The molecule has 3 aromatic rings. The van der Waals surface area contributed by atoms with E-state index in [1.807, 2.05) is 0 Å². The smallest absolute Gasteiger partial charge is 0.326 e. The zero-order valence-electron chi connectivity index (χ0n) is 27.5. The average molecular weight is 597 g/mol. The Labute approximate surface area is 253 Å². The van der Waals surface area contributed by atoms with E-state index in [1.165, 1.54) is 17.1 Å². The predicted molar refractivity (Wildman–Crippen MR) is 164 cm³/mol. The second-order valence-electron chi connectivity index (χ2n) is 15.0. The second kappa shape index (κ2) is 12.8. The second-order valence-corrected chi connectivity index (χ2v) is 15.0. The summed E-state index contributed by atoms with van der Waals surface area (Å²) in [6, 6.07) is 6.91. The van der Waals surface area contributed by atoms with Crippen LogP contribution in [0.4, 0.5) is 0 Å². The third-order valence-corrected chi connectivity index (χ3v) is 7.32. The number of nitroso groups, excluding NO2 is 1. The molecule has 0 unspecified atom stereocenters. The molecule has 226 valence electrons. The third kappa shape index (κ3) is 7.55. The van der Waals surface area contributed by atoms with E-state index < -0.39 is 7.12 Å². The first-order valence-corrected chi connectivity index (χ1v) is 14.4. The Balaban J connectivity index is 0.00000261. The van der Waals surface area contributed by atoms with Gasteiger partial charge in [0.05, 0.1) is 17.1 Å². The molecule has 10 heteroatoms. The molecule has 0 aliphatic carbocycles. The summed E-state index contributed by atoms with van der Waals surface area (Å²) in [5, 5.41) is 16.0. The van der Waals surface area contributed by atoms with Crippen molar-refractivity contribution >= 4 is 7.12 Å². The van der Waals surface area contributed by atoms with Crippen molar-refractivity contribution in [3.05, 3.63) is 57.3 Å². The van der Waals surface area contributed by atoms with Crippen LogP contribution < -0.4 is 5.59 Å². The van der Waals surface area contributed by atoms with E-state index in [1.54, 1.807) is 0 Å². The van der Waals surface area contributed by atoms with Crippen LogP contribution in [-0.4, -0.2) is 36.2 Å². The molecule has 3 heterocycles. The van der Waals surface area contributed by atoms with E-state index in [0.29, 0.717) is 17.8 Å². The van der Waals surface area contributed by atoms with Crippen molar-refractivity contribution in [2.75, 3.05) is 0 Å². The minimum Gasteiger partial charge on any atom is -0.400 e. The van der Waals surface area contributed by atoms with Gasteiger partial charge in [-0.1, -0.05) is 104 Å². The van der Waals surface area contributed by atoms with Gasteiger partial charge >= 0.3 is 7.12 Å². The number of hydrogen-bond acceptors (Lipinski definition) is 4. The summed E-state index contributed by atoms with van der Waals surface area (Å²) in [5.74, 6) is 0.955. The summed E-state index contributed by atoms with van der Waals surface area (Å²) < 4.78 is 6.84. The molecule has 0 N–H and O–H groups in total. The Hall–Kier alpha value is -2.20. The quantitative estimate of drug-likeness (QED) is 0.294. The summed E-state index contributed by atoms with van der Waals surface area (Å²) in [5.41, 5.74) is 12.6. The van der Waals surface area contributed by atoms with Gasteiger partial charge in [0, 0.05) is 50.1 Å². The molecule has 0 spiro atoms. The van der Waals surface area contributed by atoms with E-state index in [0.717, 1.165) is 17.1 Å². The van der Waals surface area contributed by atoms with Crippen LogP contribution in [0.3, 0.4) is 0 Å². The van der Waals surface area contributed by atoms with Crippen molar-refractivity contribution in [3.8, 4) is 0 Å². The summed E-state index contributed by atoms with van der Waals surface area (Å²) in [6.07, 6.45) is 0. The van der Waals surface area contributed by atoms with Crippen molar-refractivity contribution in [1.29, 1.82) is 0 Å². The maximum absolute atomic E-state index is 7.25. The van der Waals surface area contributed by atoms with Gasteiger partial charge in [-0.3, -0.25) is 0 Å². The minimum absolute atomic E-state index is 0. The Morgan fingerprint density at radius 2 is 0.750 bits per heavy atom. The van der Waals surface area contributed by atoms with Gasteiger partial charge in [0.2, 0.25) is 0 Å². The summed E-state index contributed by atoms with van der Waals surface area (Å²) in [7, 11) is -1.53. The van der Waals surface area contributed by atoms with Gasteiger partial charge in [0.1, 0.15) is 5.59 Å². The van der Waals surface area contributed by atoms with Crippen molar-refractivity contribution in [3.63, 3.8) is 0 Å². The van der Waals surface area contributed by atoms with Crippen molar-refractivity contribution < 1.29 is 16.8 Å². The number of aromatic nitrogens is 6. The molecular weight excluding hydrogens is 544 g/mol. The van der Waals surface area contributed by atoms with Gasteiger partial charge in [0.15, 0.2) is 0 Å². The van der Waals surface area contributed by atoms with E-state index in [9.17, 15) is 0 Å². The average Bonchev–Trinajstić information content (AvgIpc) is 3.52. The van der Waals surface area contributed by atoms with Gasteiger partial charge in [-0.2, -0.15) is 0 Å². The normalized spacial score (nSPS) is 12.8. The van der Waals surface area contributed by atoms with Crippen LogP contribution in [0.25, 0.3) is 0 Å². The SMILES string of the molecule is CC(C)c1cc(C(C)(C)C)nn1[BH-](n1nc(C(C)(C)C)cc1C(C)C)n1nc(C(C)(C)C)cc1C(C)C.[Co].[N]=O. The fraction of sp³-hybridized carbons (Fsp3) is 0.700. The van der Waals surface area contributed by atoms with Crippen LogP contribution >= 0.6 is 0 Å². The van der Waals surface area contributed by atoms with Gasteiger partial charge in [-0.25, -0.2) is 15.3 Å². The van der Waals surface area contributed by atoms with E-state index in [4.69, 9.17) is 25.8 Å². The first-order chi connectivity index (χ1) is 17.7. The molecule has 0 aromatic carbocycles. The van der Waals surface area contributed by atoms with Gasteiger partial charge in [0.25, 0.3) is 0 Å². The van der Waals surface area contributed by atoms with Crippen LogP contribution in [0.15, 0.2) is 18.2 Å². The fourth-order valence-corrected chi connectivity index (χ4v) is 4.85. The summed E-state index contributed by atoms with van der Waals surface area (Å²) in [6.45, 7) is 33.7. The maximum Gasteiger partial charge on any atom is 0.326 e. The van der Waals surface area contributed by atoms with E-state index in [-0.39, 0.29) is 33.0 Å². The Kier molecular flexibility index (Phi) is 11.4. The predicted octanol–water partition coefficient (Wildman–Crippen LogP) is 6.75. The monoisotopic (exact) mass is 596 g/mol. The molecular formula is C30H52BCoN7O-. The molecule has 8 nitrogen and oxygen atoms in total. The molecule has 0 saturated carbocycles. The van der Waals surface area contributed by atoms with Crippen LogP contribution in [0.2, 0.25) is 0 Å². The minimum atomic E-state index is -1.53. The molecule has 0 amide bonds. The molecule has 0 saturated heterocycles. The number of rotatable bonds is 6. The molecule has 0 atom stereocenters. The largest absolute Gasteiger partial charge is 0.400 e. The molecule has 3 rings (SSSR count). The Bertz CT molecular complexity index is 1100. The Morgan fingerprint density at radius 1 is 0.550 bits per heavy atom. The van der Waals surface area contributed by atoms with Gasteiger partial charge in [-0.15, -0.1) is 4.91 Å².